The van der Waals surface area contributed by atoms with E-state index in [2.05, 4.69) is 37.9 Å². The molecule has 0 radical (unpaired) electrons. The van der Waals surface area contributed by atoms with Gasteiger partial charge in [0.1, 0.15) is 5.69 Å². The number of halogens is 1. The van der Waals surface area contributed by atoms with E-state index >= 15 is 0 Å². The predicted octanol–water partition coefficient (Wildman–Crippen LogP) is 5.42. The van der Waals surface area contributed by atoms with Crippen LogP contribution in [0.4, 0.5) is 17.1 Å². The van der Waals surface area contributed by atoms with E-state index in [1.54, 1.807) is 12.1 Å². The molecule has 0 saturated carbocycles. The molecule has 25 heavy (non-hydrogen) atoms. The van der Waals surface area contributed by atoms with Crippen LogP contribution in [0.2, 0.25) is 0 Å². The third-order valence-corrected chi connectivity index (χ3v) is 4.55. The molecule has 0 spiro atoms. The van der Waals surface area contributed by atoms with E-state index in [4.69, 9.17) is 0 Å². The molecule has 0 unspecified atom stereocenters. The average molecular weight is 447 g/mol. The molecule has 0 saturated heterocycles. The Kier molecular flexibility index (Phi) is 4.88. The maximum atomic E-state index is 10.8. The molecule has 0 atom stereocenters. The Labute approximate surface area is 157 Å². The third kappa shape index (κ3) is 3.58. The number of aryl methyl sites for hydroxylation is 1. The van der Waals surface area contributed by atoms with Crippen molar-refractivity contribution in [2.45, 2.75) is 13.8 Å². The maximum absolute atomic E-state index is 10.8. The Bertz CT molecular complexity index is 981. The van der Waals surface area contributed by atoms with Crippen LogP contribution in [-0.2, 0) is 0 Å². The van der Waals surface area contributed by atoms with Crippen molar-refractivity contribution in [2.75, 3.05) is 0 Å². The lowest BCUT2D eigenvalue weighted by Crippen LogP contribution is -2.00. The zero-order chi connectivity index (χ0) is 18.0. The Morgan fingerprint density at radius 2 is 1.88 bits per heavy atom. The van der Waals surface area contributed by atoms with Gasteiger partial charge in [-0.3, -0.25) is 10.1 Å². The summed E-state index contributed by atoms with van der Waals surface area (Å²) in [4.78, 5) is 10.4. The van der Waals surface area contributed by atoms with Crippen LogP contribution in [0.1, 0.15) is 11.4 Å². The smallest absolute Gasteiger partial charge is 0.258 e. The number of benzene rings is 2. The number of nitro groups is 1. The highest BCUT2D eigenvalue weighted by Crippen LogP contribution is 2.29. The van der Waals surface area contributed by atoms with Crippen molar-refractivity contribution in [3.05, 3.63) is 73.6 Å². The summed E-state index contributed by atoms with van der Waals surface area (Å²) >= 11 is 2.26. The number of azo groups is 1. The van der Waals surface area contributed by atoms with Crippen LogP contribution >= 0.6 is 22.6 Å². The van der Waals surface area contributed by atoms with Gasteiger partial charge >= 0.3 is 0 Å². The number of hydrogen-bond acceptors (Lipinski definition) is 5. The second-order valence-corrected chi connectivity index (χ2v) is 6.52. The van der Waals surface area contributed by atoms with Crippen molar-refractivity contribution in [3.63, 3.8) is 0 Å². The van der Waals surface area contributed by atoms with Crippen LogP contribution < -0.4 is 0 Å². The summed E-state index contributed by atoms with van der Waals surface area (Å²) < 4.78 is 2.91. The molecular weight excluding hydrogens is 433 g/mol. The second-order valence-electron chi connectivity index (χ2n) is 5.36. The van der Waals surface area contributed by atoms with Crippen LogP contribution in [-0.4, -0.2) is 14.7 Å². The first-order chi connectivity index (χ1) is 12.0. The van der Waals surface area contributed by atoms with Crippen LogP contribution in [0.5, 0.6) is 0 Å². The number of hydrogen-bond donors (Lipinski definition) is 0. The molecule has 3 aromatic rings. The Morgan fingerprint density at radius 1 is 1.12 bits per heavy atom. The first-order valence-electron chi connectivity index (χ1n) is 7.44. The van der Waals surface area contributed by atoms with Gasteiger partial charge in [-0.25, -0.2) is 4.68 Å². The highest BCUT2D eigenvalue weighted by molar-refractivity contribution is 14.1. The van der Waals surface area contributed by atoms with Gasteiger partial charge in [0.15, 0.2) is 0 Å². The predicted molar refractivity (Wildman–Crippen MR) is 103 cm³/mol. The van der Waals surface area contributed by atoms with E-state index in [1.165, 1.54) is 12.1 Å². The van der Waals surface area contributed by atoms with Gasteiger partial charge in [0.05, 0.1) is 27.7 Å². The molecule has 0 aliphatic carbocycles. The minimum atomic E-state index is -0.453. The quantitative estimate of drug-likeness (QED) is 0.232. The fourth-order valence-electron chi connectivity index (χ4n) is 2.41. The topological polar surface area (TPSA) is 85.7 Å². The van der Waals surface area contributed by atoms with Gasteiger partial charge in [-0.2, -0.15) is 10.2 Å². The van der Waals surface area contributed by atoms with Crippen molar-refractivity contribution in [2.24, 2.45) is 10.2 Å². The van der Waals surface area contributed by atoms with Gasteiger partial charge in [0, 0.05) is 15.7 Å². The lowest BCUT2D eigenvalue weighted by Gasteiger charge is -2.06. The van der Waals surface area contributed by atoms with E-state index in [0.29, 0.717) is 11.4 Å². The zero-order valence-corrected chi connectivity index (χ0v) is 15.7. The van der Waals surface area contributed by atoms with Crippen LogP contribution in [0.25, 0.3) is 5.69 Å². The van der Waals surface area contributed by atoms with Crippen LogP contribution in [0.3, 0.4) is 0 Å². The van der Waals surface area contributed by atoms with Gasteiger partial charge < -0.3 is 0 Å². The van der Waals surface area contributed by atoms with Crippen molar-refractivity contribution < 1.29 is 4.92 Å². The first kappa shape index (κ1) is 17.2. The summed E-state index contributed by atoms with van der Waals surface area (Å²) in [5, 5.41) is 23.8. The number of nitrogens with zero attached hydrogens (tertiary/aromatic N) is 5. The fourth-order valence-corrected chi connectivity index (χ4v) is 3.03. The van der Waals surface area contributed by atoms with Crippen LogP contribution in [0.15, 0.2) is 58.8 Å². The summed E-state index contributed by atoms with van der Waals surface area (Å²) in [6, 6.07) is 14.0. The molecule has 0 fully saturated rings. The highest BCUT2D eigenvalue weighted by atomic mass is 127. The van der Waals surface area contributed by atoms with Gasteiger partial charge in [-0.1, -0.05) is 18.2 Å². The zero-order valence-electron chi connectivity index (χ0n) is 13.5. The molecule has 0 N–H and O–H groups in total. The molecule has 8 heteroatoms. The average Bonchev–Trinajstić information content (AvgIpc) is 2.88. The largest absolute Gasteiger partial charge is 0.271 e. The Balaban J connectivity index is 1.98. The number of rotatable bonds is 4. The first-order valence-corrected chi connectivity index (χ1v) is 8.52. The maximum Gasteiger partial charge on any atom is 0.271 e. The normalized spacial score (nSPS) is 11.2. The summed E-state index contributed by atoms with van der Waals surface area (Å²) in [5.74, 6) is 0. The highest BCUT2D eigenvalue weighted by Gasteiger charge is 2.14. The molecule has 3 rings (SSSR count). The van der Waals surface area contributed by atoms with Crippen molar-refractivity contribution in [3.8, 4) is 5.69 Å². The Morgan fingerprint density at radius 3 is 2.60 bits per heavy atom. The molecule has 1 aromatic heterocycles. The fraction of sp³-hybridized carbons (Fsp3) is 0.118. The van der Waals surface area contributed by atoms with Crippen molar-refractivity contribution >= 4 is 39.7 Å². The molecule has 7 nitrogen and oxygen atoms in total. The number of aromatic nitrogens is 2. The lowest BCUT2D eigenvalue weighted by molar-refractivity contribution is -0.384. The minimum Gasteiger partial charge on any atom is -0.258 e. The monoisotopic (exact) mass is 447 g/mol. The summed E-state index contributed by atoms with van der Waals surface area (Å²) in [5.41, 5.74) is 3.64. The number of nitro benzene ring substituents is 1. The van der Waals surface area contributed by atoms with Gasteiger partial charge in [-0.05, 0) is 54.6 Å². The molecule has 0 bridgehead atoms. The third-order valence-electron chi connectivity index (χ3n) is 3.64. The number of non-ortho nitro benzene ring substituents is 1. The Hall–Kier alpha value is -2.62. The molecule has 2 aromatic carbocycles. The van der Waals surface area contributed by atoms with E-state index in [0.717, 1.165) is 20.6 Å². The summed E-state index contributed by atoms with van der Waals surface area (Å²) in [6.45, 7) is 3.78. The molecule has 0 aliphatic heterocycles. The molecule has 126 valence electrons. The summed E-state index contributed by atoms with van der Waals surface area (Å²) in [7, 11) is 0. The van der Waals surface area contributed by atoms with Crippen molar-refractivity contribution in [1.82, 2.24) is 9.78 Å². The van der Waals surface area contributed by atoms with E-state index < -0.39 is 4.92 Å². The van der Waals surface area contributed by atoms with E-state index in [9.17, 15) is 10.1 Å². The van der Waals surface area contributed by atoms with Crippen LogP contribution in [0, 0.1) is 27.5 Å². The van der Waals surface area contributed by atoms with E-state index in [1.807, 2.05) is 42.8 Å². The SMILES string of the molecule is Cc1nn(-c2ccccc2I)c(C)c1N=Nc1cccc([N+](=O)[O-])c1. The summed E-state index contributed by atoms with van der Waals surface area (Å²) in [6.07, 6.45) is 0. The van der Waals surface area contributed by atoms with Gasteiger partial charge in [0.25, 0.3) is 5.69 Å². The lowest BCUT2D eigenvalue weighted by atomic mass is 10.3. The molecule has 0 amide bonds. The van der Waals surface area contributed by atoms with Crippen molar-refractivity contribution in [1.29, 1.82) is 0 Å². The van der Waals surface area contributed by atoms with Gasteiger partial charge in [0.2, 0.25) is 0 Å². The van der Waals surface area contributed by atoms with Gasteiger partial charge in [-0.15, -0.1) is 5.11 Å². The minimum absolute atomic E-state index is 0.0144. The second kappa shape index (κ2) is 7.09. The molecule has 0 aliphatic rings. The molecular formula is C17H14IN5O2. The number of para-hydroxylation sites is 1. The standard InChI is InChI=1S/C17H14IN5O2/c1-11-17(20-19-13-6-5-7-14(10-13)23(24)25)12(2)22(21-11)16-9-4-3-8-15(16)18/h3-10H,1-2H3. The van der Waals surface area contributed by atoms with E-state index in [-0.39, 0.29) is 5.69 Å². The molecule has 1 heterocycles.